The molecule has 2 aromatic heterocycles. The molecule has 7 heteroatoms. The Morgan fingerprint density at radius 2 is 2.12 bits per heavy atom. The van der Waals surface area contributed by atoms with Crippen LogP contribution in [0.15, 0.2) is 16.0 Å². The fourth-order valence-corrected chi connectivity index (χ4v) is 3.03. The van der Waals surface area contributed by atoms with Crippen molar-refractivity contribution in [2.75, 3.05) is 14.2 Å². The Labute approximate surface area is 112 Å². The van der Waals surface area contributed by atoms with E-state index < -0.39 is 6.29 Å². The highest BCUT2D eigenvalue weighted by atomic mass is 79.9. The smallest absolute Gasteiger partial charge is 0.201 e. The Balaban J connectivity index is 2.49. The van der Waals surface area contributed by atoms with E-state index in [1.807, 2.05) is 12.4 Å². The molecule has 2 heterocycles. The Morgan fingerprint density at radius 3 is 2.65 bits per heavy atom. The number of halogens is 1. The van der Waals surface area contributed by atoms with E-state index in [0.29, 0.717) is 0 Å². The van der Waals surface area contributed by atoms with Gasteiger partial charge in [0.1, 0.15) is 16.4 Å². The molecule has 0 N–H and O–H groups in total. The number of ether oxygens (including phenoxy) is 2. The molecule has 0 aliphatic rings. The van der Waals surface area contributed by atoms with Gasteiger partial charge in [0.25, 0.3) is 0 Å². The quantitative estimate of drug-likeness (QED) is 0.813. The van der Waals surface area contributed by atoms with Gasteiger partial charge in [-0.25, -0.2) is 4.98 Å². The molecule has 0 radical (unpaired) electrons. The van der Waals surface area contributed by atoms with Gasteiger partial charge < -0.3 is 9.47 Å². The van der Waals surface area contributed by atoms with Crippen molar-refractivity contribution in [3.05, 3.63) is 21.7 Å². The zero-order chi connectivity index (χ0) is 12.4. The number of methoxy groups -OCH3 is 2. The first-order valence-electron chi connectivity index (χ1n) is 4.86. The SMILES string of the molecule is COC(OC)c1c(Br)c(-c2nccs2)nn1C. The van der Waals surface area contributed by atoms with Gasteiger partial charge in [-0.3, -0.25) is 4.68 Å². The van der Waals surface area contributed by atoms with Crippen LogP contribution >= 0.6 is 27.3 Å². The summed E-state index contributed by atoms with van der Waals surface area (Å²) in [7, 11) is 5.04. The van der Waals surface area contributed by atoms with Gasteiger partial charge in [0.15, 0.2) is 0 Å². The third-order valence-corrected chi connectivity index (χ3v) is 3.88. The molecule has 0 aliphatic heterocycles. The maximum Gasteiger partial charge on any atom is 0.201 e. The predicted molar refractivity (Wildman–Crippen MR) is 68.8 cm³/mol. The second-order valence-corrected chi connectivity index (χ2v) is 5.00. The maximum atomic E-state index is 5.25. The fraction of sp³-hybridized carbons (Fsp3) is 0.400. The minimum Gasteiger partial charge on any atom is -0.350 e. The lowest BCUT2D eigenvalue weighted by Crippen LogP contribution is -2.09. The lowest BCUT2D eigenvalue weighted by molar-refractivity contribution is -0.111. The molecule has 0 saturated carbocycles. The Hall–Kier alpha value is -0.760. The Kier molecular flexibility index (Phi) is 3.93. The predicted octanol–water partition coefficient (Wildman–Crippen LogP) is 2.60. The second-order valence-electron chi connectivity index (χ2n) is 3.31. The van der Waals surface area contributed by atoms with Gasteiger partial charge in [-0.1, -0.05) is 0 Å². The van der Waals surface area contributed by atoms with Crippen molar-refractivity contribution in [3.8, 4) is 10.7 Å². The normalized spacial score (nSPS) is 11.4. The van der Waals surface area contributed by atoms with Crippen molar-refractivity contribution in [1.82, 2.24) is 14.8 Å². The van der Waals surface area contributed by atoms with E-state index in [9.17, 15) is 0 Å². The van der Waals surface area contributed by atoms with Crippen LogP contribution in [0, 0.1) is 0 Å². The lowest BCUT2D eigenvalue weighted by atomic mass is 10.3. The standard InChI is InChI=1S/C10H12BrN3O2S/c1-14-8(10(15-2)16-3)6(11)7(13-14)9-12-4-5-17-9/h4-5,10H,1-3H3. The molecular formula is C10H12BrN3O2S. The molecule has 0 amide bonds. The van der Waals surface area contributed by atoms with Crippen molar-refractivity contribution in [1.29, 1.82) is 0 Å². The minimum absolute atomic E-state index is 0.449. The van der Waals surface area contributed by atoms with Crippen molar-refractivity contribution < 1.29 is 9.47 Å². The monoisotopic (exact) mass is 317 g/mol. The highest BCUT2D eigenvalue weighted by Crippen LogP contribution is 2.35. The van der Waals surface area contributed by atoms with Crippen LogP contribution in [0.1, 0.15) is 12.0 Å². The van der Waals surface area contributed by atoms with E-state index >= 15 is 0 Å². The van der Waals surface area contributed by atoms with Crippen molar-refractivity contribution >= 4 is 27.3 Å². The zero-order valence-corrected chi connectivity index (χ0v) is 12.1. The number of thiazole rings is 1. The summed E-state index contributed by atoms with van der Waals surface area (Å²) in [5, 5.41) is 7.21. The van der Waals surface area contributed by atoms with Crippen LogP contribution in [0.2, 0.25) is 0 Å². The number of hydrogen-bond acceptors (Lipinski definition) is 5. The van der Waals surface area contributed by atoms with Gasteiger partial charge in [-0.05, 0) is 15.9 Å². The van der Waals surface area contributed by atoms with E-state index in [-0.39, 0.29) is 0 Å². The van der Waals surface area contributed by atoms with E-state index in [4.69, 9.17) is 9.47 Å². The molecule has 92 valence electrons. The molecule has 0 atom stereocenters. The van der Waals surface area contributed by atoms with Gasteiger partial charge in [-0.15, -0.1) is 11.3 Å². The summed E-state index contributed by atoms with van der Waals surface area (Å²) in [6.07, 6.45) is 1.31. The summed E-state index contributed by atoms with van der Waals surface area (Å²) in [6.45, 7) is 0. The summed E-state index contributed by atoms with van der Waals surface area (Å²) in [5.74, 6) is 0. The van der Waals surface area contributed by atoms with Gasteiger partial charge in [0.2, 0.25) is 6.29 Å². The molecule has 5 nitrogen and oxygen atoms in total. The number of aromatic nitrogens is 3. The van der Waals surface area contributed by atoms with E-state index in [1.54, 1.807) is 36.4 Å². The number of nitrogens with zero attached hydrogens (tertiary/aromatic N) is 3. The first-order valence-corrected chi connectivity index (χ1v) is 6.54. The van der Waals surface area contributed by atoms with Crippen LogP contribution in [0.3, 0.4) is 0 Å². The molecule has 0 fully saturated rings. The van der Waals surface area contributed by atoms with Gasteiger partial charge in [0, 0.05) is 32.8 Å². The molecular weight excluding hydrogens is 306 g/mol. The van der Waals surface area contributed by atoms with Gasteiger partial charge in [0.05, 0.1) is 4.47 Å². The first-order chi connectivity index (χ1) is 8.19. The average molecular weight is 318 g/mol. The number of aryl methyl sites for hydroxylation is 1. The van der Waals surface area contributed by atoms with Crippen LogP contribution in [-0.4, -0.2) is 29.0 Å². The van der Waals surface area contributed by atoms with Crippen LogP contribution in [0.25, 0.3) is 10.7 Å². The molecule has 17 heavy (non-hydrogen) atoms. The maximum absolute atomic E-state index is 5.25. The summed E-state index contributed by atoms with van der Waals surface area (Å²) in [5.41, 5.74) is 1.64. The number of hydrogen-bond donors (Lipinski definition) is 0. The minimum atomic E-state index is -0.449. The van der Waals surface area contributed by atoms with Crippen LogP contribution in [0.5, 0.6) is 0 Å². The highest BCUT2D eigenvalue weighted by Gasteiger charge is 2.23. The summed E-state index contributed by atoms with van der Waals surface area (Å²) >= 11 is 5.07. The van der Waals surface area contributed by atoms with Gasteiger partial charge in [-0.2, -0.15) is 5.10 Å². The highest BCUT2D eigenvalue weighted by molar-refractivity contribution is 9.10. The van der Waals surface area contributed by atoms with E-state index in [2.05, 4.69) is 26.0 Å². The molecule has 0 bridgehead atoms. The largest absolute Gasteiger partial charge is 0.350 e. The molecule has 0 unspecified atom stereocenters. The van der Waals surface area contributed by atoms with Crippen molar-refractivity contribution in [3.63, 3.8) is 0 Å². The first kappa shape index (κ1) is 12.7. The zero-order valence-electron chi connectivity index (χ0n) is 9.68. The molecule has 0 aromatic carbocycles. The Bertz CT molecular complexity index is 494. The third kappa shape index (κ3) is 2.28. The van der Waals surface area contributed by atoms with E-state index in [1.165, 1.54) is 0 Å². The van der Waals surface area contributed by atoms with Crippen LogP contribution < -0.4 is 0 Å². The lowest BCUT2D eigenvalue weighted by Gasteiger charge is -2.13. The topological polar surface area (TPSA) is 49.2 Å². The molecule has 0 spiro atoms. The molecule has 2 aromatic rings. The second kappa shape index (κ2) is 5.26. The summed E-state index contributed by atoms with van der Waals surface area (Å²) in [4.78, 5) is 4.24. The summed E-state index contributed by atoms with van der Waals surface area (Å²) in [6, 6.07) is 0. The fourth-order valence-electron chi connectivity index (χ4n) is 1.56. The van der Waals surface area contributed by atoms with Crippen molar-refractivity contribution in [2.45, 2.75) is 6.29 Å². The number of rotatable bonds is 4. The summed E-state index contributed by atoms with van der Waals surface area (Å²) < 4.78 is 13.1. The molecule has 2 rings (SSSR count). The average Bonchev–Trinajstić information content (AvgIpc) is 2.92. The van der Waals surface area contributed by atoms with Gasteiger partial charge >= 0.3 is 0 Å². The van der Waals surface area contributed by atoms with Crippen molar-refractivity contribution in [2.24, 2.45) is 7.05 Å². The van der Waals surface area contributed by atoms with Crippen LogP contribution in [-0.2, 0) is 16.5 Å². The van der Waals surface area contributed by atoms with Crippen LogP contribution in [0.4, 0.5) is 0 Å². The van der Waals surface area contributed by atoms with E-state index in [0.717, 1.165) is 20.9 Å². The Morgan fingerprint density at radius 1 is 1.41 bits per heavy atom. The molecule has 0 aliphatic carbocycles. The molecule has 0 saturated heterocycles. The third-order valence-electron chi connectivity index (χ3n) is 2.32.